The van der Waals surface area contributed by atoms with Crippen LogP contribution in [0, 0.1) is 11.8 Å². The van der Waals surface area contributed by atoms with E-state index in [2.05, 4.69) is 26.5 Å². The summed E-state index contributed by atoms with van der Waals surface area (Å²) in [6.45, 7) is 1.62. The Kier molecular flexibility index (Phi) is 9.29. The number of hydrogen-bond donors (Lipinski definition) is 2. The van der Waals surface area contributed by atoms with Gasteiger partial charge in [0, 0.05) is 0 Å². The van der Waals surface area contributed by atoms with Crippen LogP contribution in [0.4, 0.5) is 5.82 Å². The van der Waals surface area contributed by atoms with Crippen molar-refractivity contribution in [3.05, 3.63) is 60.4 Å². The number of unbranched alkanes of at least 4 members (excludes halogenated alkanes) is 1. The third kappa shape index (κ3) is 6.85. The van der Waals surface area contributed by atoms with Crippen LogP contribution in [-0.4, -0.2) is 43.8 Å². The minimum Gasteiger partial charge on any atom is -0.493 e. The van der Waals surface area contributed by atoms with Crippen molar-refractivity contribution in [2.75, 3.05) is 25.0 Å². The Hall–Kier alpha value is -3.81. The smallest absolute Gasteiger partial charge is 0.264 e. The number of aryl methyl sites for hydroxylation is 1. The summed E-state index contributed by atoms with van der Waals surface area (Å²) in [6.07, 6.45) is 3.57. The molecule has 0 unspecified atom stereocenters. The van der Waals surface area contributed by atoms with Crippen molar-refractivity contribution in [3.63, 3.8) is 0 Å². The highest BCUT2D eigenvalue weighted by molar-refractivity contribution is 7.92. The maximum absolute atomic E-state index is 13.4. The summed E-state index contributed by atoms with van der Waals surface area (Å²) in [4.78, 5) is 8.36. The first-order valence-electron chi connectivity index (χ1n) is 11.0. The number of anilines is 1. The van der Waals surface area contributed by atoms with Crippen LogP contribution in [0.2, 0.25) is 0 Å². The molecule has 10 heteroatoms. The Labute approximate surface area is 205 Å². The molecule has 3 rings (SSSR count). The van der Waals surface area contributed by atoms with Gasteiger partial charge in [0.2, 0.25) is 5.75 Å². The number of ether oxygens (including phenoxy) is 3. The fourth-order valence-electron chi connectivity index (χ4n) is 3.17. The van der Waals surface area contributed by atoms with Gasteiger partial charge in [0.1, 0.15) is 12.9 Å². The van der Waals surface area contributed by atoms with E-state index < -0.39 is 10.0 Å². The van der Waals surface area contributed by atoms with Gasteiger partial charge in [-0.1, -0.05) is 55.5 Å². The van der Waals surface area contributed by atoms with Crippen LogP contribution in [0.3, 0.4) is 0 Å². The molecular weight excluding hydrogens is 470 g/mol. The van der Waals surface area contributed by atoms with E-state index in [1.54, 1.807) is 42.5 Å². The summed E-state index contributed by atoms with van der Waals surface area (Å²) >= 11 is 0. The van der Waals surface area contributed by atoms with E-state index in [1.165, 1.54) is 7.11 Å². The zero-order valence-electron chi connectivity index (χ0n) is 19.5. The molecule has 0 spiro atoms. The summed E-state index contributed by atoms with van der Waals surface area (Å²) in [5.41, 5.74) is 0.707. The lowest BCUT2D eigenvalue weighted by molar-refractivity contribution is 0.322. The standard InChI is InChI=1S/C25H27N3O6S/c1-3-4-11-19-12-5-8-15-22(19)35(30,31)28-24-23(34-21-14-7-6-13-20(21)32-2)25(27-18-26-24)33-17-10-9-16-29/h5-8,12-15,18,29H,3-4,11,16-17H2,1-2H3,(H,26,27,28). The first-order chi connectivity index (χ1) is 17.0. The van der Waals surface area contributed by atoms with Crippen LogP contribution >= 0.6 is 0 Å². The maximum atomic E-state index is 13.4. The first-order valence-corrected chi connectivity index (χ1v) is 12.4. The molecule has 0 radical (unpaired) electrons. The largest absolute Gasteiger partial charge is 0.493 e. The number of methoxy groups -OCH3 is 1. The quantitative estimate of drug-likeness (QED) is 0.384. The highest BCUT2D eigenvalue weighted by atomic mass is 32.2. The van der Waals surface area contributed by atoms with E-state index in [1.807, 2.05) is 13.0 Å². The zero-order valence-corrected chi connectivity index (χ0v) is 20.3. The number of nitrogens with one attached hydrogen (secondary N) is 1. The lowest BCUT2D eigenvalue weighted by Crippen LogP contribution is -2.17. The lowest BCUT2D eigenvalue weighted by Gasteiger charge is -2.17. The first kappa shape index (κ1) is 25.8. The Morgan fingerprint density at radius 1 is 1.03 bits per heavy atom. The van der Waals surface area contributed by atoms with Crippen molar-refractivity contribution in [2.45, 2.75) is 31.1 Å². The minimum atomic E-state index is -4.02. The van der Waals surface area contributed by atoms with Gasteiger partial charge in [-0.25, -0.2) is 13.4 Å². The highest BCUT2D eigenvalue weighted by Crippen LogP contribution is 2.40. The van der Waals surface area contributed by atoms with Crippen molar-refractivity contribution in [1.82, 2.24) is 9.97 Å². The minimum absolute atomic E-state index is 0.0323. The van der Waals surface area contributed by atoms with Gasteiger partial charge in [0.25, 0.3) is 15.9 Å². The molecule has 0 saturated heterocycles. The van der Waals surface area contributed by atoms with Crippen molar-refractivity contribution < 1.29 is 27.7 Å². The van der Waals surface area contributed by atoms with E-state index >= 15 is 0 Å². The Morgan fingerprint density at radius 2 is 1.77 bits per heavy atom. The Balaban J connectivity index is 2.02. The molecule has 0 amide bonds. The molecule has 1 aromatic heterocycles. The molecule has 0 saturated carbocycles. The third-order valence-electron chi connectivity index (χ3n) is 4.83. The molecule has 0 bridgehead atoms. The normalized spacial score (nSPS) is 10.7. The van der Waals surface area contributed by atoms with Crippen LogP contribution in [-0.2, 0) is 16.4 Å². The van der Waals surface area contributed by atoms with Gasteiger partial charge < -0.3 is 19.3 Å². The average molecular weight is 498 g/mol. The molecule has 2 N–H and O–H groups in total. The number of aliphatic hydroxyl groups excluding tert-OH is 1. The molecule has 184 valence electrons. The van der Waals surface area contributed by atoms with Crippen LogP contribution < -0.4 is 18.9 Å². The fourth-order valence-corrected chi connectivity index (χ4v) is 4.45. The number of aromatic nitrogens is 2. The summed E-state index contributed by atoms with van der Waals surface area (Å²) in [5, 5.41) is 8.86. The summed E-state index contributed by atoms with van der Waals surface area (Å²) in [5.74, 6) is 5.61. The molecular formula is C25H27N3O6S. The fraction of sp³-hybridized carbons (Fsp3) is 0.280. The average Bonchev–Trinajstić information content (AvgIpc) is 2.87. The Morgan fingerprint density at radius 3 is 2.51 bits per heavy atom. The predicted molar refractivity (Wildman–Crippen MR) is 131 cm³/mol. The molecule has 0 fully saturated rings. The van der Waals surface area contributed by atoms with Crippen LogP contribution in [0.15, 0.2) is 59.8 Å². The van der Waals surface area contributed by atoms with Crippen molar-refractivity contribution in [1.29, 1.82) is 0 Å². The van der Waals surface area contributed by atoms with Gasteiger partial charge >= 0.3 is 0 Å². The summed E-state index contributed by atoms with van der Waals surface area (Å²) < 4.78 is 46.2. The Bertz CT molecular complexity index is 1300. The van der Waals surface area contributed by atoms with Gasteiger partial charge in [0.05, 0.1) is 12.0 Å². The number of hydrogen-bond acceptors (Lipinski definition) is 8. The third-order valence-corrected chi connectivity index (χ3v) is 6.27. The topological polar surface area (TPSA) is 120 Å². The van der Waals surface area contributed by atoms with Crippen LogP contribution in [0.1, 0.15) is 25.3 Å². The predicted octanol–water partition coefficient (Wildman–Crippen LogP) is 3.80. The molecule has 9 nitrogen and oxygen atoms in total. The molecule has 3 aromatic rings. The molecule has 0 aliphatic heterocycles. The second-order valence-electron chi connectivity index (χ2n) is 7.23. The van der Waals surface area contributed by atoms with E-state index in [0.29, 0.717) is 23.5 Å². The summed E-state index contributed by atoms with van der Waals surface area (Å²) in [6, 6.07) is 13.7. The number of para-hydroxylation sites is 2. The summed E-state index contributed by atoms with van der Waals surface area (Å²) in [7, 11) is -2.53. The van der Waals surface area contributed by atoms with Gasteiger partial charge in [-0.2, -0.15) is 4.98 Å². The van der Waals surface area contributed by atoms with Gasteiger partial charge in [-0.05, 0) is 36.6 Å². The van der Waals surface area contributed by atoms with E-state index in [0.717, 1.165) is 19.2 Å². The van der Waals surface area contributed by atoms with Gasteiger partial charge in [0.15, 0.2) is 23.9 Å². The number of aliphatic hydroxyl groups is 1. The lowest BCUT2D eigenvalue weighted by atomic mass is 10.1. The van der Waals surface area contributed by atoms with Crippen molar-refractivity contribution in [3.8, 4) is 35.0 Å². The molecule has 0 aliphatic carbocycles. The molecule has 1 heterocycles. The number of rotatable bonds is 11. The number of nitrogens with zero attached hydrogens (tertiary/aromatic N) is 2. The van der Waals surface area contributed by atoms with E-state index in [4.69, 9.17) is 19.3 Å². The monoisotopic (exact) mass is 497 g/mol. The molecule has 0 atom stereocenters. The highest BCUT2D eigenvalue weighted by Gasteiger charge is 2.24. The second kappa shape index (κ2) is 12.6. The van der Waals surface area contributed by atoms with E-state index in [-0.39, 0.29) is 35.6 Å². The van der Waals surface area contributed by atoms with Crippen molar-refractivity contribution in [2.24, 2.45) is 0 Å². The molecule has 2 aromatic carbocycles. The number of sulfonamides is 1. The van der Waals surface area contributed by atoms with Gasteiger partial charge in [-0.3, -0.25) is 4.72 Å². The second-order valence-corrected chi connectivity index (χ2v) is 8.88. The maximum Gasteiger partial charge on any atom is 0.264 e. The van der Waals surface area contributed by atoms with E-state index in [9.17, 15) is 8.42 Å². The van der Waals surface area contributed by atoms with Crippen molar-refractivity contribution >= 4 is 15.8 Å². The van der Waals surface area contributed by atoms with Crippen LogP contribution in [0.25, 0.3) is 0 Å². The van der Waals surface area contributed by atoms with Gasteiger partial charge in [-0.15, -0.1) is 0 Å². The van der Waals surface area contributed by atoms with Crippen LogP contribution in [0.5, 0.6) is 23.1 Å². The molecule has 35 heavy (non-hydrogen) atoms. The number of benzene rings is 2. The SMILES string of the molecule is CCCCc1ccccc1S(=O)(=O)Nc1ncnc(OCC#CCO)c1Oc1ccccc1OC. The molecule has 0 aliphatic rings. The zero-order chi connectivity index (χ0) is 25.1.